The molecule has 0 fully saturated rings. The lowest BCUT2D eigenvalue weighted by Crippen LogP contribution is -2.40. The lowest BCUT2D eigenvalue weighted by atomic mass is 10.2. The third-order valence-corrected chi connectivity index (χ3v) is 3.95. The van der Waals surface area contributed by atoms with Crippen LogP contribution in [0.25, 0.3) is 10.9 Å². The van der Waals surface area contributed by atoms with Gasteiger partial charge in [0.1, 0.15) is 34.6 Å². The van der Waals surface area contributed by atoms with Gasteiger partial charge >= 0.3 is 0 Å². The maximum absolute atomic E-state index is 14.1. The highest BCUT2D eigenvalue weighted by Crippen LogP contribution is 2.24. The summed E-state index contributed by atoms with van der Waals surface area (Å²) in [6, 6.07) is 1.85. The lowest BCUT2D eigenvalue weighted by molar-refractivity contribution is 0.598. The summed E-state index contributed by atoms with van der Waals surface area (Å²) in [6.45, 7) is 5.25. The molecule has 0 spiro atoms. The Hall–Kier alpha value is -3.43. The maximum atomic E-state index is 14.1. The van der Waals surface area contributed by atoms with E-state index in [0.717, 1.165) is 16.8 Å². The third kappa shape index (κ3) is 3.21. The largest absolute Gasteiger partial charge is 0.361 e. The molecule has 3 rings (SSSR count). The van der Waals surface area contributed by atoms with Crippen molar-refractivity contribution in [2.45, 2.75) is 13.5 Å². The van der Waals surface area contributed by atoms with Crippen LogP contribution in [0.3, 0.4) is 0 Å². The summed E-state index contributed by atoms with van der Waals surface area (Å²) in [7, 11) is 3.20. The predicted molar refractivity (Wildman–Crippen MR) is 99.3 cm³/mol. The van der Waals surface area contributed by atoms with Gasteiger partial charge in [-0.3, -0.25) is 9.79 Å². The summed E-state index contributed by atoms with van der Waals surface area (Å²) in [5.41, 5.74) is 0.0388. The molecule has 0 amide bonds. The fraction of sp³-hybridized carbons (Fsp3) is 0.235. The van der Waals surface area contributed by atoms with Crippen LogP contribution in [0.1, 0.15) is 11.5 Å². The molecule has 8 nitrogen and oxygen atoms in total. The summed E-state index contributed by atoms with van der Waals surface area (Å²) in [4.78, 5) is 28.9. The molecule has 0 saturated carbocycles. The van der Waals surface area contributed by atoms with Crippen LogP contribution in [0.15, 0.2) is 28.2 Å². The number of anilines is 1. The molecule has 0 bridgehead atoms. The minimum Gasteiger partial charge on any atom is -0.361 e. The third-order valence-electron chi connectivity index (χ3n) is 3.95. The zero-order chi connectivity index (χ0) is 19.7. The zero-order valence-electron chi connectivity index (χ0n) is 15.0. The highest BCUT2D eigenvalue weighted by Gasteiger charge is 2.19. The van der Waals surface area contributed by atoms with Crippen molar-refractivity contribution in [3.8, 4) is 0 Å². The molecular weight excluding hydrogens is 356 g/mol. The quantitative estimate of drug-likeness (QED) is 0.688. The van der Waals surface area contributed by atoms with E-state index in [1.807, 2.05) is 0 Å². The average molecular weight is 373 g/mol. The standard InChI is InChI=1S/C17H17F2N7O/c1-9-14(20-2)16(23-8-22-9)21-7-12-24-15-11(19)6-5-10(18)13(15)17(27)26(12)25(3)4/h5-6,8H,2,7H2,1,3-4H3,(H,21,22,23). The second-order valence-electron chi connectivity index (χ2n) is 5.91. The van der Waals surface area contributed by atoms with Crippen molar-refractivity contribution >= 4 is 29.1 Å². The Morgan fingerprint density at radius 1 is 1.26 bits per heavy atom. The summed E-state index contributed by atoms with van der Waals surface area (Å²) < 4.78 is 29.4. The minimum atomic E-state index is -0.830. The molecule has 0 aliphatic carbocycles. The van der Waals surface area contributed by atoms with Crippen LogP contribution < -0.4 is 15.9 Å². The van der Waals surface area contributed by atoms with Gasteiger partial charge in [-0.05, 0) is 25.8 Å². The number of benzene rings is 1. The Balaban J connectivity index is 2.13. The highest BCUT2D eigenvalue weighted by atomic mass is 19.1. The van der Waals surface area contributed by atoms with Crippen LogP contribution in [0.4, 0.5) is 20.3 Å². The predicted octanol–water partition coefficient (Wildman–Crippen LogP) is 1.91. The summed E-state index contributed by atoms with van der Waals surface area (Å²) in [6.07, 6.45) is 1.36. The molecule has 1 aromatic carbocycles. The fourth-order valence-electron chi connectivity index (χ4n) is 2.73. The number of nitrogens with zero attached hydrogens (tertiary/aromatic N) is 6. The van der Waals surface area contributed by atoms with Crippen molar-refractivity contribution < 1.29 is 8.78 Å². The zero-order valence-corrected chi connectivity index (χ0v) is 15.0. The summed E-state index contributed by atoms with van der Waals surface area (Å²) >= 11 is 0. The fourth-order valence-corrected chi connectivity index (χ4v) is 2.73. The number of hydrogen-bond acceptors (Lipinski definition) is 7. The first-order chi connectivity index (χ1) is 12.8. The van der Waals surface area contributed by atoms with E-state index in [4.69, 9.17) is 0 Å². The molecular formula is C17H17F2N7O. The van der Waals surface area contributed by atoms with Crippen LogP contribution in [0, 0.1) is 18.6 Å². The van der Waals surface area contributed by atoms with Gasteiger partial charge < -0.3 is 10.3 Å². The second-order valence-corrected chi connectivity index (χ2v) is 5.91. The van der Waals surface area contributed by atoms with Crippen molar-refractivity contribution in [3.05, 3.63) is 52.0 Å². The van der Waals surface area contributed by atoms with E-state index < -0.39 is 22.6 Å². The van der Waals surface area contributed by atoms with Crippen molar-refractivity contribution in [2.75, 3.05) is 24.4 Å². The monoisotopic (exact) mass is 373 g/mol. The Kier molecular flexibility index (Phi) is 4.80. The van der Waals surface area contributed by atoms with E-state index >= 15 is 0 Å². The molecule has 1 N–H and O–H groups in total. The smallest absolute Gasteiger partial charge is 0.283 e. The number of rotatable bonds is 5. The number of halogens is 2. The van der Waals surface area contributed by atoms with Gasteiger partial charge in [0.25, 0.3) is 5.56 Å². The molecule has 140 valence electrons. The summed E-state index contributed by atoms with van der Waals surface area (Å²) in [5.74, 6) is -1.05. The van der Waals surface area contributed by atoms with Crippen molar-refractivity contribution in [1.82, 2.24) is 19.6 Å². The van der Waals surface area contributed by atoms with E-state index in [9.17, 15) is 13.6 Å². The topological polar surface area (TPSA) is 88.3 Å². The number of fused-ring (bicyclic) bond motifs is 1. The van der Waals surface area contributed by atoms with Gasteiger partial charge in [0, 0.05) is 14.1 Å². The Morgan fingerprint density at radius 3 is 2.63 bits per heavy atom. The Bertz CT molecular complexity index is 1090. The van der Waals surface area contributed by atoms with Crippen LogP contribution >= 0.6 is 0 Å². The van der Waals surface area contributed by atoms with Crippen LogP contribution in [0.5, 0.6) is 0 Å². The molecule has 3 aromatic rings. The highest BCUT2D eigenvalue weighted by molar-refractivity contribution is 5.79. The number of aliphatic imine (C=N–C) groups is 1. The van der Waals surface area contributed by atoms with Crippen molar-refractivity contribution in [3.63, 3.8) is 0 Å². The van der Waals surface area contributed by atoms with Crippen molar-refractivity contribution in [1.29, 1.82) is 0 Å². The maximum Gasteiger partial charge on any atom is 0.283 e. The molecule has 0 aliphatic rings. The molecule has 10 heteroatoms. The molecule has 0 aliphatic heterocycles. The normalized spacial score (nSPS) is 10.9. The SMILES string of the molecule is C=Nc1c(C)ncnc1NCc1nc2c(F)ccc(F)c2c(=O)n1N(C)C. The number of nitrogens with one attached hydrogen (secondary N) is 1. The van der Waals surface area contributed by atoms with Crippen LogP contribution in [-0.4, -0.2) is 40.4 Å². The molecule has 27 heavy (non-hydrogen) atoms. The average Bonchev–Trinajstić information content (AvgIpc) is 2.62. The van der Waals surface area contributed by atoms with Gasteiger partial charge in [-0.2, -0.15) is 0 Å². The Labute approximate surface area is 153 Å². The van der Waals surface area contributed by atoms with Gasteiger partial charge in [-0.1, -0.05) is 0 Å². The first-order valence-electron chi connectivity index (χ1n) is 7.94. The number of aryl methyl sites for hydroxylation is 1. The lowest BCUT2D eigenvalue weighted by Gasteiger charge is -2.21. The molecule has 0 unspecified atom stereocenters. The molecule has 0 saturated heterocycles. The van der Waals surface area contributed by atoms with Gasteiger partial charge in [0.05, 0.1) is 12.2 Å². The molecule has 2 aromatic heterocycles. The van der Waals surface area contributed by atoms with E-state index in [-0.39, 0.29) is 17.9 Å². The van der Waals surface area contributed by atoms with Crippen molar-refractivity contribution in [2.24, 2.45) is 4.99 Å². The second kappa shape index (κ2) is 7.06. The Morgan fingerprint density at radius 2 is 1.96 bits per heavy atom. The molecule has 0 radical (unpaired) electrons. The van der Waals surface area contributed by atoms with E-state index in [0.29, 0.717) is 17.2 Å². The summed E-state index contributed by atoms with van der Waals surface area (Å²) in [5, 5.41) is 4.03. The number of hydrogen-bond donors (Lipinski definition) is 1. The van der Waals surface area contributed by atoms with Gasteiger partial charge in [-0.15, -0.1) is 0 Å². The first kappa shape index (κ1) is 18.4. The first-order valence-corrected chi connectivity index (χ1v) is 7.94. The van der Waals surface area contributed by atoms with E-state index in [2.05, 4.69) is 32.0 Å². The van der Waals surface area contributed by atoms with Gasteiger partial charge in [-0.25, -0.2) is 28.4 Å². The number of aromatic nitrogens is 4. The van der Waals surface area contributed by atoms with Crippen LogP contribution in [0.2, 0.25) is 0 Å². The van der Waals surface area contributed by atoms with E-state index in [1.165, 1.54) is 11.3 Å². The minimum absolute atomic E-state index is 0.0122. The van der Waals surface area contributed by atoms with E-state index in [1.54, 1.807) is 21.0 Å². The van der Waals surface area contributed by atoms with Gasteiger partial charge in [0.15, 0.2) is 11.6 Å². The van der Waals surface area contributed by atoms with Crippen LogP contribution in [-0.2, 0) is 6.54 Å². The molecule has 0 atom stereocenters. The van der Waals surface area contributed by atoms with Gasteiger partial charge in [0.2, 0.25) is 0 Å². The molecule has 2 heterocycles.